The Bertz CT molecular complexity index is 641. The molecule has 0 saturated heterocycles. The number of aryl methyl sites for hydroxylation is 1. The van der Waals surface area contributed by atoms with Gasteiger partial charge in [0.2, 0.25) is 10.0 Å². The van der Waals surface area contributed by atoms with E-state index in [4.69, 9.17) is 5.11 Å². The van der Waals surface area contributed by atoms with Gasteiger partial charge in [-0.3, -0.25) is 0 Å². The SMILES string of the molecule is CCCC(C)N(C)S(=O)(=O)c1cc(C#CCO)ccc1C. The van der Waals surface area contributed by atoms with E-state index in [1.807, 2.05) is 13.8 Å². The van der Waals surface area contributed by atoms with Crippen molar-refractivity contribution in [2.24, 2.45) is 0 Å². The van der Waals surface area contributed by atoms with Crippen molar-refractivity contribution < 1.29 is 13.5 Å². The number of aliphatic hydroxyl groups is 1. The Labute approximate surface area is 127 Å². The molecule has 0 aliphatic rings. The van der Waals surface area contributed by atoms with Crippen molar-refractivity contribution >= 4 is 10.0 Å². The number of benzene rings is 1. The molecule has 0 saturated carbocycles. The third-order valence-corrected chi connectivity index (χ3v) is 5.60. The van der Waals surface area contributed by atoms with Crippen LogP contribution in [0.1, 0.15) is 37.8 Å². The predicted molar refractivity (Wildman–Crippen MR) is 84.5 cm³/mol. The fraction of sp³-hybridized carbons (Fsp3) is 0.500. The highest BCUT2D eigenvalue weighted by atomic mass is 32.2. The Balaban J connectivity index is 3.24. The summed E-state index contributed by atoms with van der Waals surface area (Å²) in [5.41, 5.74) is 1.28. The van der Waals surface area contributed by atoms with Gasteiger partial charge >= 0.3 is 0 Å². The third kappa shape index (κ3) is 4.31. The van der Waals surface area contributed by atoms with Gasteiger partial charge in [-0.15, -0.1) is 0 Å². The van der Waals surface area contributed by atoms with Crippen LogP contribution in [0.5, 0.6) is 0 Å². The van der Waals surface area contributed by atoms with Crippen LogP contribution >= 0.6 is 0 Å². The first-order valence-corrected chi connectivity index (χ1v) is 8.47. The number of hydrogen-bond acceptors (Lipinski definition) is 3. The molecule has 4 nitrogen and oxygen atoms in total. The molecule has 0 aromatic heterocycles. The van der Waals surface area contributed by atoms with Crippen molar-refractivity contribution in [1.82, 2.24) is 4.31 Å². The van der Waals surface area contributed by atoms with E-state index in [9.17, 15) is 8.42 Å². The van der Waals surface area contributed by atoms with Crippen molar-refractivity contribution in [3.05, 3.63) is 29.3 Å². The van der Waals surface area contributed by atoms with E-state index in [2.05, 4.69) is 11.8 Å². The maximum Gasteiger partial charge on any atom is 0.243 e. The summed E-state index contributed by atoms with van der Waals surface area (Å²) in [5, 5.41) is 8.73. The quantitative estimate of drug-likeness (QED) is 0.848. The van der Waals surface area contributed by atoms with Crippen molar-refractivity contribution in [3.63, 3.8) is 0 Å². The molecule has 1 aromatic carbocycles. The first-order valence-electron chi connectivity index (χ1n) is 7.03. The Hall–Kier alpha value is -1.35. The fourth-order valence-corrected chi connectivity index (χ4v) is 3.73. The number of sulfonamides is 1. The minimum atomic E-state index is -3.54. The van der Waals surface area contributed by atoms with Crippen molar-refractivity contribution in [2.45, 2.75) is 44.6 Å². The first-order chi connectivity index (χ1) is 9.84. The average molecular weight is 309 g/mol. The number of hydrogen-bond donors (Lipinski definition) is 1. The average Bonchev–Trinajstić information content (AvgIpc) is 2.45. The Morgan fingerprint density at radius 3 is 2.62 bits per heavy atom. The Kier molecular flexibility index (Phi) is 6.41. The lowest BCUT2D eigenvalue weighted by atomic mass is 10.1. The monoisotopic (exact) mass is 309 g/mol. The van der Waals surface area contributed by atoms with Gasteiger partial charge in [-0.05, 0) is 38.0 Å². The van der Waals surface area contributed by atoms with Gasteiger partial charge in [0.1, 0.15) is 6.61 Å². The van der Waals surface area contributed by atoms with Crippen LogP contribution in [0.3, 0.4) is 0 Å². The molecule has 1 N–H and O–H groups in total. The molecule has 0 spiro atoms. The minimum Gasteiger partial charge on any atom is -0.384 e. The van der Waals surface area contributed by atoms with E-state index in [-0.39, 0.29) is 17.5 Å². The van der Waals surface area contributed by atoms with E-state index >= 15 is 0 Å². The number of rotatable bonds is 5. The molecule has 0 fully saturated rings. The largest absolute Gasteiger partial charge is 0.384 e. The first kappa shape index (κ1) is 17.7. The molecular formula is C16H23NO3S. The number of aliphatic hydroxyl groups excluding tert-OH is 1. The smallest absolute Gasteiger partial charge is 0.243 e. The van der Waals surface area contributed by atoms with E-state index in [0.29, 0.717) is 11.1 Å². The Morgan fingerprint density at radius 2 is 2.05 bits per heavy atom. The molecule has 1 atom stereocenters. The second-order valence-corrected chi connectivity index (χ2v) is 7.07. The zero-order chi connectivity index (χ0) is 16.0. The maximum absolute atomic E-state index is 12.7. The summed E-state index contributed by atoms with van der Waals surface area (Å²) in [6.07, 6.45) is 1.75. The van der Waals surface area contributed by atoms with Crippen molar-refractivity contribution in [3.8, 4) is 11.8 Å². The zero-order valence-corrected chi connectivity index (χ0v) is 13.9. The molecule has 5 heteroatoms. The standard InChI is InChI=1S/C16H23NO3S/c1-5-7-14(3)17(4)21(19,20)16-12-15(8-6-11-18)10-9-13(16)2/h9-10,12,14,18H,5,7,11H2,1-4H3. The molecule has 116 valence electrons. The zero-order valence-electron chi connectivity index (χ0n) is 13.0. The van der Waals surface area contributed by atoms with Gasteiger partial charge in [-0.1, -0.05) is 31.3 Å². The van der Waals surface area contributed by atoms with Crippen LogP contribution in [-0.2, 0) is 10.0 Å². The molecule has 0 aliphatic heterocycles. The second kappa shape index (κ2) is 7.60. The maximum atomic E-state index is 12.7. The van der Waals surface area contributed by atoms with Gasteiger partial charge in [0.05, 0.1) is 4.90 Å². The molecule has 0 radical (unpaired) electrons. The van der Waals surface area contributed by atoms with E-state index in [0.717, 1.165) is 12.8 Å². The highest BCUT2D eigenvalue weighted by Gasteiger charge is 2.26. The normalized spacial score (nSPS) is 12.9. The van der Waals surface area contributed by atoms with Crippen LogP contribution in [0.15, 0.2) is 23.1 Å². The second-order valence-electron chi connectivity index (χ2n) is 5.10. The summed E-state index contributed by atoms with van der Waals surface area (Å²) >= 11 is 0. The van der Waals surface area contributed by atoms with Gasteiger partial charge in [0.25, 0.3) is 0 Å². The molecule has 0 bridgehead atoms. The van der Waals surface area contributed by atoms with Gasteiger partial charge in [-0.25, -0.2) is 8.42 Å². The molecule has 0 amide bonds. The van der Waals surface area contributed by atoms with E-state index < -0.39 is 10.0 Å². The minimum absolute atomic E-state index is 0.0495. The molecule has 1 aromatic rings. The van der Waals surface area contributed by atoms with Crippen molar-refractivity contribution in [1.29, 1.82) is 0 Å². The number of nitrogens with zero attached hydrogens (tertiary/aromatic N) is 1. The van der Waals surface area contributed by atoms with Crippen LogP contribution in [0.25, 0.3) is 0 Å². The van der Waals surface area contributed by atoms with Crippen molar-refractivity contribution in [2.75, 3.05) is 13.7 Å². The summed E-state index contributed by atoms with van der Waals surface area (Å²) in [6.45, 7) is 5.47. The van der Waals surface area contributed by atoms with Crippen LogP contribution < -0.4 is 0 Å². The molecule has 21 heavy (non-hydrogen) atoms. The molecular weight excluding hydrogens is 286 g/mol. The van der Waals surface area contributed by atoms with Crippen LogP contribution in [0.4, 0.5) is 0 Å². The van der Waals surface area contributed by atoms with Crippen LogP contribution in [0.2, 0.25) is 0 Å². The molecule has 0 heterocycles. The van der Waals surface area contributed by atoms with Crippen LogP contribution in [0, 0.1) is 18.8 Å². The topological polar surface area (TPSA) is 57.6 Å². The lowest BCUT2D eigenvalue weighted by Crippen LogP contribution is -2.35. The van der Waals surface area contributed by atoms with E-state index in [1.54, 1.807) is 32.2 Å². The van der Waals surface area contributed by atoms with E-state index in [1.165, 1.54) is 4.31 Å². The molecule has 0 aliphatic carbocycles. The highest BCUT2D eigenvalue weighted by Crippen LogP contribution is 2.22. The summed E-state index contributed by atoms with van der Waals surface area (Å²) in [7, 11) is -1.92. The lowest BCUT2D eigenvalue weighted by Gasteiger charge is -2.24. The summed E-state index contributed by atoms with van der Waals surface area (Å²) in [4.78, 5) is 0.276. The molecule has 1 rings (SSSR count). The van der Waals surface area contributed by atoms with Gasteiger partial charge in [-0.2, -0.15) is 4.31 Å². The predicted octanol–water partition coefficient (Wildman–Crippen LogP) is 2.15. The lowest BCUT2D eigenvalue weighted by molar-refractivity contribution is 0.350. The summed E-state index contributed by atoms with van der Waals surface area (Å²) in [5.74, 6) is 5.28. The third-order valence-electron chi connectivity index (χ3n) is 3.48. The summed E-state index contributed by atoms with van der Waals surface area (Å²) < 4.78 is 26.9. The Morgan fingerprint density at radius 1 is 1.38 bits per heavy atom. The van der Waals surface area contributed by atoms with Gasteiger partial charge < -0.3 is 5.11 Å². The highest BCUT2D eigenvalue weighted by molar-refractivity contribution is 7.89. The fourth-order valence-electron chi connectivity index (χ4n) is 2.09. The molecule has 1 unspecified atom stereocenters. The van der Waals surface area contributed by atoms with Gasteiger partial charge in [0.15, 0.2) is 0 Å². The van der Waals surface area contributed by atoms with Crippen LogP contribution in [-0.4, -0.2) is 37.5 Å². The summed E-state index contributed by atoms with van der Waals surface area (Å²) in [6, 6.07) is 5.02. The van der Waals surface area contributed by atoms with Gasteiger partial charge in [0, 0.05) is 18.7 Å².